The second kappa shape index (κ2) is 4.81. The molecule has 0 unspecified atom stereocenters. The molecule has 0 aromatic heterocycles. The molecule has 1 amide bonds. The predicted molar refractivity (Wildman–Crippen MR) is 58.6 cm³/mol. The molecule has 1 fully saturated rings. The van der Waals surface area contributed by atoms with E-state index < -0.39 is 6.09 Å². The molecular formula is C9H8BrClFNO2. The van der Waals surface area contributed by atoms with E-state index in [2.05, 4.69) is 21.2 Å². The van der Waals surface area contributed by atoms with Gasteiger partial charge in [0.05, 0.1) is 10.5 Å². The second-order valence-electron chi connectivity index (χ2n) is 2.97. The first kappa shape index (κ1) is 12.3. The molecule has 0 radical (unpaired) electrons. The van der Waals surface area contributed by atoms with Crippen LogP contribution in [0.3, 0.4) is 0 Å². The Balaban J connectivity index is 0.00000112. The Bertz CT molecular complexity index is 388. The molecule has 1 aromatic rings. The molecule has 0 spiro atoms. The molecule has 2 rings (SSSR count). The van der Waals surface area contributed by atoms with Crippen LogP contribution in [0.2, 0.25) is 0 Å². The molecule has 1 aromatic carbocycles. The van der Waals surface area contributed by atoms with Crippen LogP contribution in [-0.2, 0) is 4.74 Å². The fourth-order valence-corrected chi connectivity index (χ4v) is 1.69. The Kier molecular flexibility index (Phi) is 3.93. The average Bonchev–Trinajstić information content (AvgIpc) is 2.57. The molecule has 0 aliphatic carbocycles. The van der Waals surface area contributed by atoms with Gasteiger partial charge in [-0.3, -0.25) is 0 Å². The van der Waals surface area contributed by atoms with E-state index in [1.807, 2.05) is 0 Å². The smallest absolute Gasteiger partial charge is 0.407 e. The lowest BCUT2D eigenvalue weighted by molar-refractivity contribution is 0.177. The number of alkyl carbamates (subject to hydrolysis) is 1. The van der Waals surface area contributed by atoms with E-state index in [4.69, 9.17) is 4.74 Å². The van der Waals surface area contributed by atoms with Gasteiger partial charge in [-0.2, -0.15) is 0 Å². The van der Waals surface area contributed by atoms with Crippen molar-refractivity contribution >= 4 is 34.4 Å². The van der Waals surface area contributed by atoms with E-state index in [0.717, 1.165) is 5.56 Å². The topological polar surface area (TPSA) is 38.3 Å². The molecule has 3 nitrogen and oxygen atoms in total. The molecule has 6 heteroatoms. The van der Waals surface area contributed by atoms with Gasteiger partial charge in [0.15, 0.2) is 0 Å². The summed E-state index contributed by atoms with van der Waals surface area (Å²) in [5.41, 5.74) is 0.823. The number of hydrogen-bond acceptors (Lipinski definition) is 2. The third-order valence-electron chi connectivity index (χ3n) is 2.02. The molecule has 0 bridgehead atoms. The third kappa shape index (κ3) is 2.60. The van der Waals surface area contributed by atoms with Gasteiger partial charge >= 0.3 is 6.09 Å². The summed E-state index contributed by atoms with van der Waals surface area (Å²) in [6, 6.07) is 4.43. The molecule has 1 atom stereocenters. The number of cyclic esters (lactones) is 1. The van der Waals surface area contributed by atoms with E-state index in [-0.39, 0.29) is 30.9 Å². The molecule has 0 saturated carbocycles. The van der Waals surface area contributed by atoms with Crippen LogP contribution in [0.5, 0.6) is 0 Å². The van der Waals surface area contributed by atoms with Crippen LogP contribution in [0.1, 0.15) is 11.6 Å². The van der Waals surface area contributed by atoms with Crippen LogP contribution in [0.4, 0.5) is 9.18 Å². The first-order chi connectivity index (χ1) is 6.66. The minimum Gasteiger partial charge on any atom is -0.447 e. The lowest BCUT2D eigenvalue weighted by atomic mass is 10.1. The zero-order valence-corrected chi connectivity index (χ0v) is 9.90. The lowest BCUT2D eigenvalue weighted by Crippen LogP contribution is -2.18. The monoisotopic (exact) mass is 295 g/mol. The Morgan fingerprint density at radius 3 is 2.80 bits per heavy atom. The zero-order chi connectivity index (χ0) is 10.1. The summed E-state index contributed by atoms with van der Waals surface area (Å²) in [6.45, 7) is 0.289. The van der Waals surface area contributed by atoms with E-state index >= 15 is 0 Å². The summed E-state index contributed by atoms with van der Waals surface area (Å²) in [7, 11) is 0. The second-order valence-corrected chi connectivity index (χ2v) is 3.82. The van der Waals surface area contributed by atoms with Crippen molar-refractivity contribution in [2.45, 2.75) is 6.04 Å². The van der Waals surface area contributed by atoms with Crippen LogP contribution in [0, 0.1) is 5.82 Å². The Hall–Kier alpha value is -0.810. The highest BCUT2D eigenvalue weighted by Gasteiger charge is 2.23. The van der Waals surface area contributed by atoms with Gasteiger partial charge in [-0.1, -0.05) is 6.07 Å². The van der Waals surface area contributed by atoms with Crippen LogP contribution < -0.4 is 5.32 Å². The molecule has 82 valence electrons. The van der Waals surface area contributed by atoms with Gasteiger partial charge in [-0.15, -0.1) is 12.4 Å². The highest BCUT2D eigenvalue weighted by molar-refractivity contribution is 9.10. The first-order valence-corrected chi connectivity index (χ1v) is 4.84. The van der Waals surface area contributed by atoms with Gasteiger partial charge in [0.1, 0.15) is 12.4 Å². The van der Waals surface area contributed by atoms with Gasteiger partial charge in [0.2, 0.25) is 0 Å². The number of nitrogens with one attached hydrogen (secondary N) is 1. The van der Waals surface area contributed by atoms with Gasteiger partial charge in [0.25, 0.3) is 0 Å². The minimum absolute atomic E-state index is 0. The molecule has 1 saturated heterocycles. The normalized spacial score (nSPS) is 19.1. The molecular weight excluding hydrogens is 288 g/mol. The average molecular weight is 297 g/mol. The van der Waals surface area contributed by atoms with Crippen molar-refractivity contribution < 1.29 is 13.9 Å². The van der Waals surface area contributed by atoms with Crippen LogP contribution in [0.15, 0.2) is 22.7 Å². The predicted octanol–water partition coefficient (Wildman–Crippen LogP) is 2.79. The minimum atomic E-state index is -0.435. The number of carbonyl (C=O) groups is 1. The maximum atomic E-state index is 12.9. The first-order valence-electron chi connectivity index (χ1n) is 4.05. The quantitative estimate of drug-likeness (QED) is 0.865. The molecule has 1 heterocycles. The maximum Gasteiger partial charge on any atom is 0.407 e. The number of amides is 1. The SMILES string of the molecule is Cl.O=C1N[C@@H](c2ccc(F)c(Br)c2)CO1. The third-order valence-corrected chi connectivity index (χ3v) is 2.63. The van der Waals surface area contributed by atoms with Crippen molar-refractivity contribution in [1.29, 1.82) is 0 Å². The summed E-state index contributed by atoms with van der Waals surface area (Å²) < 4.78 is 18.0. The summed E-state index contributed by atoms with van der Waals surface area (Å²) in [4.78, 5) is 10.8. The van der Waals surface area contributed by atoms with Crippen molar-refractivity contribution in [2.75, 3.05) is 6.61 Å². The van der Waals surface area contributed by atoms with Crippen molar-refractivity contribution in [1.82, 2.24) is 5.32 Å². The van der Waals surface area contributed by atoms with Crippen LogP contribution >= 0.6 is 28.3 Å². The number of ether oxygens (including phenoxy) is 1. The number of halogens is 3. The van der Waals surface area contributed by atoms with Crippen LogP contribution in [-0.4, -0.2) is 12.7 Å². The van der Waals surface area contributed by atoms with E-state index in [1.54, 1.807) is 12.1 Å². The highest BCUT2D eigenvalue weighted by Crippen LogP contribution is 2.23. The van der Waals surface area contributed by atoms with E-state index in [1.165, 1.54) is 6.07 Å². The largest absolute Gasteiger partial charge is 0.447 e. The van der Waals surface area contributed by atoms with Gasteiger partial charge < -0.3 is 10.1 Å². The summed E-state index contributed by atoms with van der Waals surface area (Å²) >= 11 is 3.08. The Morgan fingerprint density at radius 1 is 1.53 bits per heavy atom. The summed E-state index contributed by atoms with van der Waals surface area (Å²) in [6.07, 6.45) is -0.435. The Labute approximate surface area is 101 Å². The lowest BCUT2D eigenvalue weighted by Gasteiger charge is -2.07. The fraction of sp³-hybridized carbons (Fsp3) is 0.222. The van der Waals surface area contributed by atoms with Crippen LogP contribution in [0.25, 0.3) is 0 Å². The highest BCUT2D eigenvalue weighted by atomic mass is 79.9. The molecule has 1 aliphatic heterocycles. The van der Waals surface area contributed by atoms with Crippen molar-refractivity contribution in [3.63, 3.8) is 0 Å². The maximum absolute atomic E-state index is 12.9. The van der Waals surface area contributed by atoms with Gasteiger partial charge in [-0.25, -0.2) is 9.18 Å². The number of benzene rings is 1. The van der Waals surface area contributed by atoms with Crippen molar-refractivity contribution in [3.05, 3.63) is 34.1 Å². The fourth-order valence-electron chi connectivity index (χ4n) is 1.29. The van der Waals surface area contributed by atoms with Crippen molar-refractivity contribution in [2.24, 2.45) is 0 Å². The number of rotatable bonds is 1. The van der Waals surface area contributed by atoms with E-state index in [9.17, 15) is 9.18 Å². The molecule has 1 aliphatic rings. The van der Waals surface area contributed by atoms with E-state index in [0.29, 0.717) is 4.47 Å². The van der Waals surface area contributed by atoms with Gasteiger partial charge in [0, 0.05) is 0 Å². The van der Waals surface area contributed by atoms with Gasteiger partial charge in [-0.05, 0) is 33.6 Å². The number of hydrogen-bond donors (Lipinski definition) is 1. The van der Waals surface area contributed by atoms with Crippen molar-refractivity contribution in [3.8, 4) is 0 Å². The Morgan fingerprint density at radius 2 is 2.27 bits per heavy atom. The molecule has 1 N–H and O–H groups in total. The number of carbonyl (C=O) groups excluding carboxylic acids is 1. The summed E-state index contributed by atoms with van der Waals surface area (Å²) in [5, 5.41) is 2.61. The molecule has 15 heavy (non-hydrogen) atoms. The summed E-state index contributed by atoms with van der Waals surface area (Å²) in [5.74, 6) is -0.320. The standard InChI is InChI=1S/C9H7BrFNO2.ClH/c10-6-3-5(1-2-7(6)11)8-4-14-9(13)12-8;/h1-3,8H,4H2,(H,12,13);1H/t8-;/m1./s1. The zero-order valence-electron chi connectivity index (χ0n) is 7.50.